The fourth-order valence-electron chi connectivity index (χ4n) is 1.40. The lowest BCUT2D eigenvalue weighted by Crippen LogP contribution is -2.64. The second kappa shape index (κ2) is 7.30. The summed E-state index contributed by atoms with van der Waals surface area (Å²) in [4.78, 5) is 21.8. The lowest BCUT2D eigenvalue weighted by Gasteiger charge is -2.31. The number of carboxylic acid groups (broad SMARTS) is 1. The van der Waals surface area contributed by atoms with Crippen molar-refractivity contribution in [2.45, 2.75) is 56.4 Å². The SMILES string of the molecule is CCCC[C@H](NC(=O)C(F)(F)C(F)(F)C(F)(F)C(F)F)C(=O)O. The molecule has 0 bridgehead atoms. The Balaban J connectivity index is 5.40. The molecular weight excluding hydrogens is 346 g/mol. The van der Waals surface area contributed by atoms with Gasteiger partial charge in [0.2, 0.25) is 0 Å². The Hall–Kier alpha value is -1.62. The molecule has 0 aromatic heterocycles. The van der Waals surface area contributed by atoms with Crippen LogP contribution in [0.1, 0.15) is 26.2 Å². The molecule has 0 aliphatic rings. The molecule has 4 nitrogen and oxygen atoms in total. The second-order valence-electron chi connectivity index (χ2n) is 4.58. The van der Waals surface area contributed by atoms with Crippen molar-refractivity contribution in [1.82, 2.24) is 5.32 Å². The summed E-state index contributed by atoms with van der Waals surface area (Å²) in [7, 11) is 0. The van der Waals surface area contributed by atoms with Crippen LogP contribution in [0.2, 0.25) is 0 Å². The van der Waals surface area contributed by atoms with Crippen molar-refractivity contribution < 1.29 is 49.8 Å². The quantitative estimate of drug-likeness (QED) is 0.622. The number of aliphatic carboxylic acids is 1. The second-order valence-corrected chi connectivity index (χ2v) is 4.58. The van der Waals surface area contributed by atoms with E-state index in [0.717, 1.165) is 5.32 Å². The van der Waals surface area contributed by atoms with E-state index in [1.807, 2.05) is 0 Å². The molecule has 0 spiro atoms. The zero-order valence-electron chi connectivity index (χ0n) is 11.6. The predicted molar refractivity (Wildman–Crippen MR) is 59.9 cm³/mol. The van der Waals surface area contributed by atoms with Gasteiger partial charge in [-0.3, -0.25) is 4.79 Å². The number of carbonyl (C=O) groups is 2. The van der Waals surface area contributed by atoms with Crippen molar-refractivity contribution in [3.63, 3.8) is 0 Å². The Kier molecular flexibility index (Phi) is 6.79. The summed E-state index contributed by atoms with van der Waals surface area (Å²) in [6, 6.07) is -2.05. The van der Waals surface area contributed by atoms with Gasteiger partial charge in [-0.15, -0.1) is 0 Å². The molecule has 0 saturated heterocycles. The van der Waals surface area contributed by atoms with Crippen LogP contribution in [0, 0.1) is 0 Å². The zero-order valence-corrected chi connectivity index (χ0v) is 11.6. The van der Waals surface area contributed by atoms with Crippen LogP contribution in [0.15, 0.2) is 0 Å². The van der Waals surface area contributed by atoms with E-state index in [0.29, 0.717) is 6.42 Å². The normalized spacial score (nSPS) is 14.7. The molecule has 0 fully saturated rings. The number of halogens is 8. The summed E-state index contributed by atoms with van der Waals surface area (Å²) in [5, 5.41) is 9.61. The van der Waals surface area contributed by atoms with Crippen molar-refractivity contribution in [1.29, 1.82) is 0 Å². The van der Waals surface area contributed by atoms with Crippen LogP contribution in [0.4, 0.5) is 35.1 Å². The molecule has 0 aliphatic carbocycles. The highest BCUT2D eigenvalue weighted by Crippen LogP contribution is 2.48. The average Bonchev–Trinajstić information content (AvgIpc) is 2.41. The van der Waals surface area contributed by atoms with Gasteiger partial charge >= 0.3 is 30.2 Å². The molecule has 23 heavy (non-hydrogen) atoms. The number of rotatable bonds is 9. The van der Waals surface area contributed by atoms with Gasteiger partial charge in [-0.05, 0) is 6.42 Å². The number of alkyl halides is 8. The summed E-state index contributed by atoms with van der Waals surface area (Å²) < 4.78 is 101. The fraction of sp³-hybridized carbons (Fsp3) is 0.818. The molecular formula is C11H13F8NO3. The van der Waals surface area contributed by atoms with E-state index in [4.69, 9.17) is 5.11 Å². The van der Waals surface area contributed by atoms with Gasteiger partial charge in [-0.2, -0.15) is 26.3 Å². The first-order valence-electron chi connectivity index (χ1n) is 6.18. The minimum absolute atomic E-state index is 0.0897. The number of nitrogens with one attached hydrogen (secondary N) is 1. The zero-order chi connectivity index (χ0) is 18.6. The van der Waals surface area contributed by atoms with Crippen LogP contribution in [-0.4, -0.2) is 47.2 Å². The van der Waals surface area contributed by atoms with Crippen LogP contribution >= 0.6 is 0 Å². The largest absolute Gasteiger partial charge is 0.480 e. The van der Waals surface area contributed by atoms with Crippen LogP contribution in [0.5, 0.6) is 0 Å². The van der Waals surface area contributed by atoms with Gasteiger partial charge in [-0.25, -0.2) is 13.6 Å². The molecule has 0 unspecified atom stereocenters. The maximum atomic E-state index is 13.2. The van der Waals surface area contributed by atoms with E-state index in [9.17, 15) is 44.7 Å². The van der Waals surface area contributed by atoms with E-state index < -0.39 is 48.5 Å². The third-order valence-electron chi connectivity index (χ3n) is 2.82. The lowest BCUT2D eigenvalue weighted by atomic mass is 10.0. The summed E-state index contributed by atoms with van der Waals surface area (Å²) in [6.45, 7) is 1.56. The number of carboxylic acids is 1. The minimum atomic E-state index is -6.72. The Labute approximate surface area is 124 Å². The lowest BCUT2D eigenvalue weighted by molar-refractivity contribution is -0.327. The third kappa shape index (κ3) is 4.22. The highest BCUT2D eigenvalue weighted by atomic mass is 19.4. The maximum absolute atomic E-state index is 13.2. The highest BCUT2D eigenvalue weighted by Gasteiger charge is 2.78. The van der Waals surface area contributed by atoms with Gasteiger partial charge in [0.1, 0.15) is 6.04 Å². The fourth-order valence-corrected chi connectivity index (χ4v) is 1.40. The van der Waals surface area contributed by atoms with Crippen molar-refractivity contribution in [2.24, 2.45) is 0 Å². The summed E-state index contributed by atoms with van der Waals surface area (Å²) in [6.07, 6.45) is -5.15. The number of unbranched alkanes of at least 4 members (excludes halogenated alkanes) is 1. The van der Waals surface area contributed by atoms with Crippen LogP contribution in [0.3, 0.4) is 0 Å². The number of amides is 1. The Morgan fingerprint density at radius 1 is 1.09 bits per heavy atom. The van der Waals surface area contributed by atoms with Gasteiger partial charge in [-0.1, -0.05) is 19.8 Å². The molecule has 0 aromatic carbocycles. The molecule has 0 radical (unpaired) electrons. The van der Waals surface area contributed by atoms with E-state index in [1.54, 1.807) is 6.92 Å². The Morgan fingerprint density at radius 3 is 1.91 bits per heavy atom. The molecule has 1 amide bonds. The summed E-state index contributed by atoms with van der Waals surface area (Å²) in [5.41, 5.74) is 0. The van der Waals surface area contributed by atoms with Gasteiger partial charge in [0.15, 0.2) is 0 Å². The molecule has 2 N–H and O–H groups in total. The van der Waals surface area contributed by atoms with Gasteiger partial charge in [0.05, 0.1) is 0 Å². The Morgan fingerprint density at radius 2 is 1.57 bits per heavy atom. The minimum Gasteiger partial charge on any atom is -0.480 e. The van der Waals surface area contributed by atoms with Gasteiger partial charge in [0, 0.05) is 0 Å². The molecule has 136 valence electrons. The van der Waals surface area contributed by atoms with Crippen molar-refractivity contribution in [3.8, 4) is 0 Å². The monoisotopic (exact) mass is 359 g/mol. The first-order chi connectivity index (χ1) is 10.2. The van der Waals surface area contributed by atoms with E-state index in [1.165, 1.54) is 0 Å². The van der Waals surface area contributed by atoms with E-state index >= 15 is 0 Å². The molecule has 0 rings (SSSR count). The Bertz CT molecular complexity index is 441. The average molecular weight is 359 g/mol. The van der Waals surface area contributed by atoms with Crippen molar-refractivity contribution in [3.05, 3.63) is 0 Å². The summed E-state index contributed by atoms with van der Waals surface area (Å²) >= 11 is 0. The van der Waals surface area contributed by atoms with E-state index in [-0.39, 0.29) is 6.42 Å². The van der Waals surface area contributed by atoms with Gasteiger partial charge < -0.3 is 10.4 Å². The maximum Gasteiger partial charge on any atom is 0.392 e. The highest BCUT2D eigenvalue weighted by molar-refractivity contribution is 5.89. The predicted octanol–water partition coefficient (Wildman–Crippen LogP) is 2.92. The molecule has 0 saturated carbocycles. The first kappa shape index (κ1) is 21.4. The number of hydrogen-bond acceptors (Lipinski definition) is 2. The van der Waals surface area contributed by atoms with Crippen molar-refractivity contribution >= 4 is 11.9 Å². The first-order valence-corrected chi connectivity index (χ1v) is 6.18. The molecule has 12 heteroatoms. The number of hydrogen-bond donors (Lipinski definition) is 2. The molecule has 0 heterocycles. The van der Waals surface area contributed by atoms with Gasteiger partial charge in [0.25, 0.3) is 5.91 Å². The standard InChI is InChI=1S/C11H13F8NO3/c1-2-3-4-5(6(21)22)20-8(23)10(16,17)11(18,19)9(14,15)7(12)13/h5,7H,2-4H2,1H3,(H,20,23)(H,21,22)/t5-/m0/s1. The molecule has 1 atom stereocenters. The van der Waals surface area contributed by atoms with Crippen LogP contribution in [-0.2, 0) is 9.59 Å². The van der Waals surface area contributed by atoms with E-state index in [2.05, 4.69) is 0 Å². The van der Waals surface area contributed by atoms with Crippen molar-refractivity contribution in [2.75, 3.05) is 0 Å². The molecule has 0 aliphatic heterocycles. The smallest absolute Gasteiger partial charge is 0.392 e. The topological polar surface area (TPSA) is 66.4 Å². The third-order valence-corrected chi connectivity index (χ3v) is 2.82. The number of carbonyl (C=O) groups excluding carboxylic acids is 1. The van der Waals surface area contributed by atoms with Crippen LogP contribution < -0.4 is 5.32 Å². The summed E-state index contributed by atoms with van der Waals surface area (Å²) in [5.74, 6) is -24.4. The molecule has 0 aromatic rings. The van der Waals surface area contributed by atoms with Crippen LogP contribution in [0.25, 0.3) is 0 Å².